The van der Waals surface area contributed by atoms with Gasteiger partial charge in [-0.3, -0.25) is 9.59 Å². The molecule has 0 aromatic heterocycles. The number of amides is 2. The number of benzene rings is 1. The molecule has 1 aromatic carbocycles. The summed E-state index contributed by atoms with van der Waals surface area (Å²) in [6.07, 6.45) is 2.69. The van der Waals surface area contributed by atoms with E-state index in [-0.39, 0.29) is 24.0 Å². The lowest BCUT2D eigenvalue weighted by atomic mass is 10.0. The second-order valence-corrected chi connectivity index (χ2v) is 6.82. The van der Waals surface area contributed by atoms with Crippen LogP contribution in [0.15, 0.2) is 12.1 Å². The zero-order valence-electron chi connectivity index (χ0n) is 15.4. The van der Waals surface area contributed by atoms with Crippen molar-refractivity contribution in [1.82, 2.24) is 16.0 Å². The fraction of sp³-hybridized carbons (Fsp3) is 0.579. The standard InChI is InChI=1S/C19H27N3O4/c1-12-8-13-9-14(10-16(17(13)26-12)19(24)20-2)18(23)22-5-3-4-15-11-21-6-7-25-15/h9-10,12,15,21H,3-8,11H2,1-2H3,(H,20,24)(H,22,23). The summed E-state index contributed by atoms with van der Waals surface area (Å²) < 4.78 is 11.4. The first-order valence-electron chi connectivity index (χ1n) is 9.24. The van der Waals surface area contributed by atoms with E-state index in [1.807, 2.05) is 13.0 Å². The number of rotatable bonds is 6. The predicted octanol–water partition coefficient (Wildman–Crippen LogP) is 0.868. The number of hydrogen-bond acceptors (Lipinski definition) is 5. The monoisotopic (exact) mass is 361 g/mol. The molecule has 3 N–H and O–H groups in total. The van der Waals surface area contributed by atoms with Gasteiger partial charge in [0.15, 0.2) is 0 Å². The van der Waals surface area contributed by atoms with Crippen molar-refractivity contribution >= 4 is 11.8 Å². The fourth-order valence-corrected chi connectivity index (χ4v) is 3.41. The third-order valence-corrected chi connectivity index (χ3v) is 4.72. The Kier molecular flexibility index (Phi) is 6.11. The van der Waals surface area contributed by atoms with E-state index < -0.39 is 0 Å². The van der Waals surface area contributed by atoms with Crippen LogP contribution in [-0.4, -0.2) is 57.3 Å². The molecule has 2 aliphatic rings. The molecule has 7 heteroatoms. The summed E-state index contributed by atoms with van der Waals surface area (Å²) in [5, 5.41) is 8.85. The first-order chi connectivity index (χ1) is 12.6. The molecule has 2 heterocycles. The highest BCUT2D eigenvalue weighted by atomic mass is 16.5. The predicted molar refractivity (Wildman–Crippen MR) is 97.8 cm³/mol. The van der Waals surface area contributed by atoms with Crippen LogP contribution in [0.25, 0.3) is 0 Å². The summed E-state index contributed by atoms with van der Waals surface area (Å²) in [6, 6.07) is 3.44. The largest absolute Gasteiger partial charge is 0.489 e. The Bertz CT molecular complexity index is 671. The molecule has 3 rings (SSSR count). The van der Waals surface area contributed by atoms with Gasteiger partial charge in [0.05, 0.1) is 18.3 Å². The van der Waals surface area contributed by atoms with Crippen molar-refractivity contribution in [2.24, 2.45) is 0 Å². The van der Waals surface area contributed by atoms with Crippen LogP contribution in [0, 0.1) is 0 Å². The van der Waals surface area contributed by atoms with Crippen molar-refractivity contribution in [3.63, 3.8) is 0 Å². The number of morpholine rings is 1. The summed E-state index contributed by atoms with van der Waals surface area (Å²) in [7, 11) is 1.57. The molecule has 0 saturated carbocycles. The summed E-state index contributed by atoms with van der Waals surface area (Å²) in [4.78, 5) is 24.7. The molecule has 0 radical (unpaired) electrons. The second kappa shape index (κ2) is 8.51. The summed E-state index contributed by atoms with van der Waals surface area (Å²) in [5.41, 5.74) is 1.82. The van der Waals surface area contributed by atoms with Gasteiger partial charge in [0.1, 0.15) is 11.9 Å². The average Bonchev–Trinajstić information content (AvgIpc) is 3.04. The van der Waals surface area contributed by atoms with Crippen molar-refractivity contribution in [1.29, 1.82) is 0 Å². The first kappa shape index (κ1) is 18.7. The zero-order chi connectivity index (χ0) is 18.5. The van der Waals surface area contributed by atoms with Crippen LogP contribution < -0.4 is 20.7 Å². The van der Waals surface area contributed by atoms with Crippen LogP contribution in [0.2, 0.25) is 0 Å². The molecule has 0 bridgehead atoms. The molecule has 1 fully saturated rings. The second-order valence-electron chi connectivity index (χ2n) is 6.82. The van der Waals surface area contributed by atoms with E-state index in [0.717, 1.165) is 38.1 Å². The molecule has 2 aliphatic heterocycles. The Hall–Kier alpha value is -2.12. The molecule has 1 aromatic rings. The molecule has 26 heavy (non-hydrogen) atoms. The number of fused-ring (bicyclic) bond motifs is 1. The third kappa shape index (κ3) is 4.34. The Morgan fingerprint density at radius 1 is 1.31 bits per heavy atom. The number of carbonyl (C=O) groups is 2. The molecular formula is C19H27N3O4. The van der Waals surface area contributed by atoms with E-state index in [2.05, 4.69) is 16.0 Å². The van der Waals surface area contributed by atoms with Gasteiger partial charge in [-0.1, -0.05) is 0 Å². The molecule has 0 aliphatic carbocycles. The van der Waals surface area contributed by atoms with Crippen LogP contribution >= 0.6 is 0 Å². The van der Waals surface area contributed by atoms with Crippen molar-refractivity contribution < 1.29 is 19.1 Å². The number of nitrogens with one attached hydrogen (secondary N) is 3. The lowest BCUT2D eigenvalue weighted by Gasteiger charge is -2.23. The number of carbonyl (C=O) groups excluding carboxylic acids is 2. The normalized spacial score (nSPS) is 21.6. The van der Waals surface area contributed by atoms with Crippen molar-refractivity contribution in [2.75, 3.05) is 33.3 Å². The van der Waals surface area contributed by atoms with Crippen LogP contribution in [-0.2, 0) is 11.2 Å². The van der Waals surface area contributed by atoms with Gasteiger partial charge in [0.2, 0.25) is 0 Å². The smallest absolute Gasteiger partial charge is 0.254 e. The Morgan fingerprint density at radius 3 is 2.88 bits per heavy atom. The summed E-state index contributed by atoms with van der Waals surface area (Å²) in [6.45, 7) is 5.05. The average molecular weight is 361 g/mol. The van der Waals surface area contributed by atoms with Crippen LogP contribution in [0.4, 0.5) is 0 Å². The van der Waals surface area contributed by atoms with E-state index >= 15 is 0 Å². The Morgan fingerprint density at radius 2 is 2.15 bits per heavy atom. The Labute approximate surface area is 153 Å². The molecule has 7 nitrogen and oxygen atoms in total. The maximum atomic E-state index is 12.5. The van der Waals surface area contributed by atoms with Gasteiger partial charge in [-0.05, 0) is 37.5 Å². The zero-order valence-corrected chi connectivity index (χ0v) is 15.4. The van der Waals surface area contributed by atoms with E-state index in [1.54, 1.807) is 13.1 Å². The van der Waals surface area contributed by atoms with Crippen molar-refractivity contribution in [2.45, 2.75) is 38.4 Å². The minimum absolute atomic E-state index is 0.0100. The fourth-order valence-electron chi connectivity index (χ4n) is 3.41. The molecule has 2 atom stereocenters. The molecule has 2 amide bonds. The van der Waals surface area contributed by atoms with Crippen LogP contribution in [0.3, 0.4) is 0 Å². The molecule has 1 saturated heterocycles. The quantitative estimate of drug-likeness (QED) is 0.654. The van der Waals surface area contributed by atoms with Gasteiger partial charge in [-0.25, -0.2) is 0 Å². The molecule has 142 valence electrons. The van der Waals surface area contributed by atoms with Gasteiger partial charge < -0.3 is 25.4 Å². The van der Waals surface area contributed by atoms with Gasteiger partial charge in [-0.2, -0.15) is 0 Å². The molecule has 0 spiro atoms. The van der Waals surface area contributed by atoms with Crippen molar-refractivity contribution in [3.8, 4) is 5.75 Å². The van der Waals surface area contributed by atoms with E-state index in [0.29, 0.717) is 29.8 Å². The first-order valence-corrected chi connectivity index (χ1v) is 9.24. The highest BCUT2D eigenvalue weighted by molar-refractivity contribution is 6.02. The minimum Gasteiger partial charge on any atom is -0.489 e. The summed E-state index contributed by atoms with van der Waals surface area (Å²) in [5.74, 6) is 0.183. The molecular weight excluding hydrogens is 334 g/mol. The van der Waals surface area contributed by atoms with E-state index in [9.17, 15) is 9.59 Å². The van der Waals surface area contributed by atoms with Crippen LogP contribution in [0.5, 0.6) is 5.75 Å². The van der Waals surface area contributed by atoms with E-state index in [1.165, 1.54) is 0 Å². The highest BCUT2D eigenvalue weighted by Crippen LogP contribution is 2.33. The maximum Gasteiger partial charge on any atom is 0.254 e. The topological polar surface area (TPSA) is 88.7 Å². The maximum absolute atomic E-state index is 12.5. The number of hydrogen-bond donors (Lipinski definition) is 3. The van der Waals surface area contributed by atoms with Gasteiger partial charge in [-0.15, -0.1) is 0 Å². The van der Waals surface area contributed by atoms with Gasteiger partial charge in [0.25, 0.3) is 11.8 Å². The molecule has 2 unspecified atom stereocenters. The summed E-state index contributed by atoms with van der Waals surface area (Å²) >= 11 is 0. The lowest BCUT2D eigenvalue weighted by Crippen LogP contribution is -2.38. The van der Waals surface area contributed by atoms with Gasteiger partial charge in [0, 0.05) is 38.7 Å². The highest BCUT2D eigenvalue weighted by Gasteiger charge is 2.27. The van der Waals surface area contributed by atoms with Crippen LogP contribution in [0.1, 0.15) is 46.0 Å². The Balaban J connectivity index is 1.60. The van der Waals surface area contributed by atoms with E-state index in [4.69, 9.17) is 9.47 Å². The van der Waals surface area contributed by atoms with Gasteiger partial charge >= 0.3 is 0 Å². The third-order valence-electron chi connectivity index (χ3n) is 4.72. The minimum atomic E-state index is -0.244. The SMILES string of the molecule is CNC(=O)c1cc(C(=O)NCCCC2CNCCO2)cc2c1OC(C)C2. The van der Waals surface area contributed by atoms with Crippen molar-refractivity contribution in [3.05, 3.63) is 28.8 Å². The lowest BCUT2D eigenvalue weighted by molar-refractivity contribution is 0.0225. The number of ether oxygens (including phenoxy) is 2.